The number of hydrogen-bond donors (Lipinski definition) is 1. The molecule has 3 rings (SSSR count). The van der Waals surface area contributed by atoms with Gasteiger partial charge in [0.2, 0.25) is 0 Å². The molecule has 24 heavy (non-hydrogen) atoms. The van der Waals surface area contributed by atoms with Gasteiger partial charge in [-0.1, -0.05) is 25.3 Å². The summed E-state index contributed by atoms with van der Waals surface area (Å²) >= 11 is 0. The lowest BCUT2D eigenvalue weighted by Crippen LogP contribution is -2.45. The van der Waals surface area contributed by atoms with E-state index < -0.39 is 0 Å². The first kappa shape index (κ1) is 16.9. The van der Waals surface area contributed by atoms with Gasteiger partial charge in [0.15, 0.2) is 11.5 Å². The Hall–Kier alpha value is -1.91. The van der Waals surface area contributed by atoms with Gasteiger partial charge in [0.1, 0.15) is 0 Å². The van der Waals surface area contributed by atoms with Crippen molar-refractivity contribution in [3.8, 4) is 11.5 Å². The van der Waals surface area contributed by atoms with Crippen molar-refractivity contribution in [3.05, 3.63) is 23.8 Å². The molecule has 0 spiro atoms. The number of hydrogen-bond acceptors (Lipinski definition) is 3. The van der Waals surface area contributed by atoms with Crippen LogP contribution in [0.15, 0.2) is 18.2 Å². The van der Waals surface area contributed by atoms with Gasteiger partial charge < -0.3 is 19.7 Å². The number of ether oxygens (including phenoxy) is 2. The van der Waals surface area contributed by atoms with Crippen LogP contribution in [0.25, 0.3) is 0 Å². The Bertz CT molecular complexity index is 570. The van der Waals surface area contributed by atoms with Gasteiger partial charge in [0.05, 0.1) is 20.3 Å². The van der Waals surface area contributed by atoms with Crippen LogP contribution in [-0.2, 0) is 0 Å². The number of rotatable bonds is 4. The minimum Gasteiger partial charge on any atom is -0.493 e. The number of likely N-dealkylation sites (tertiary alicyclic amines) is 1. The van der Waals surface area contributed by atoms with E-state index >= 15 is 0 Å². The molecular formula is C19H28N2O3. The van der Waals surface area contributed by atoms with Crippen molar-refractivity contribution < 1.29 is 14.3 Å². The molecule has 1 unspecified atom stereocenters. The number of urea groups is 1. The summed E-state index contributed by atoms with van der Waals surface area (Å²) in [6, 6.07) is 6.50. The zero-order valence-electron chi connectivity index (χ0n) is 14.7. The number of carbonyl (C=O) groups excluding carboxylic acids is 1. The maximum atomic E-state index is 12.7. The molecule has 1 atom stereocenters. The standard InChI is InChI=1S/C19H28N2O3/c1-23-17-11-10-14(13-18(17)24-2)16-9-6-12-21(16)19(22)20-15-7-4-3-5-8-15/h10-11,13,15-16H,3-9,12H2,1-2H3,(H,20,22). The lowest BCUT2D eigenvalue weighted by molar-refractivity contribution is 0.185. The third kappa shape index (κ3) is 3.60. The first-order valence-electron chi connectivity index (χ1n) is 9.02. The van der Waals surface area contributed by atoms with E-state index in [0.29, 0.717) is 6.04 Å². The fourth-order valence-corrected chi connectivity index (χ4v) is 3.92. The summed E-state index contributed by atoms with van der Waals surface area (Å²) in [6.45, 7) is 0.817. The molecule has 5 nitrogen and oxygen atoms in total. The molecule has 0 aromatic heterocycles. The van der Waals surface area contributed by atoms with E-state index in [4.69, 9.17) is 9.47 Å². The Labute approximate surface area is 144 Å². The molecule has 1 N–H and O–H groups in total. The summed E-state index contributed by atoms with van der Waals surface area (Å²) in [6.07, 6.45) is 8.00. The maximum absolute atomic E-state index is 12.7. The summed E-state index contributed by atoms with van der Waals surface area (Å²) in [5.74, 6) is 1.44. The van der Waals surface area contributed by atoms with Gasteiger partial charge in [-0.05, 0) is 43.4 Å². The number of methoxy groups -OCH3 is 2. The van der Waals surface area contributed by atoms with Crippen LogP contribution in [0.4, 0.5) is 4.79 Å². The zero-order chi connectivity index (χ0) is 16.9. The highest BCUT2D eigenvalue weighted by Gasteiger charge is 2.31. The van der Waals surface area contributed by atoms with Gasteiger partial charge >= 0.3 is 6.03 Å². The second-order valence-corrected chi connectivity index (χ2v) is 6.75. The van der Waals surface area contributed by atoms with Crippen molar-refractivity contribution in [3.63, 3.8) is 0 Å². The zero-order valence-corrected chi connectivity index (χ0v) is 14.7. The molecule has 5 heteroatoms. The molecule has 1 saturated carbocycles. The summed E-state index contributed by atoms with van der Waals surface area (Å²) in [5, 5.41) is 3.24. The van der Waals surface area contributed by atoms with E-state index in [1.54, 1.807) is 14.2 Å². The Morgan fingerprint density at radius 3 is 2.50 bits per heavy atom. The second kappa shape index (κ2) is 7.77. The van der Waals surface area contributed by atoms with Gasteiger partial charge in [-0.25, -0.2) is 4.79 Å². The average molecular weight is 332 g/mol. The first-order chi connectivity index (χ1) is 11.7. The quantitative estimate of drug-likeness (QED) is 0.910. The van der Waals surface area contributed by atoms with Gasteiger partial charge in [0, 0.05) is 12.6 Å². The van der Waals surface area contributed by atoms with Crippen LogP contribution in [0.2, 0.25) is 0 Å². The number of nitrogens with zero attached hydrogens (tertiary/aromatic N) is 1. The van der Waals surface area contributed by atoms with Gasteiger partial charge in [-0.2, -0.15) is 0 Å². The van der Waals surface area contributed by atoms with Crippen LogP contribution in [0.3, 0.4) is 0 Å². The van der Waals surface area contributed by atoms with Crippen molar-refractivity contribution in [1.29, 1.82) is 0 Å². The Balaban J connectivity index is 1.71. The van der Waals surface area contributed by atoms with Crippen molar-refractivity contribution in [2.24, 2.45) is 0 Å². The SMILES string of the molecule is COc1ccc(C2CCCN2C(=O)NC2CCCCC2)cc1OC. The van der Waals surface area contributed by atoms with Crippen LogP contribution in [0, 0.1) is 0 Å². The summed E-state index contributed by atoms with van der Waals surface area (Å²) in [7, 11) is 3.28. The fraction of sp³-hybridized carbons (Fsp3) is 0.632. The third-order valence-electron chi connectivity index (χ3n) is 5.24. The summed E-state index contributed by atoms with van der Waals surface area (Å²) < 4.78 is 10.7. The van der Waals surface area contributed by atoms with E-state index in [2.05, 4.69) is 5.32 Å². The first-order valence-corrected chi connectivity index (χ1v) is 9.02. The highest BCUT2D eigenvalue weighted by atomic mass is 16.5. The van der Waals surface area contributed by atoms with Gasteiger partial charge in [0.25, 0.3) is 0 Å². The molecule has 1 aliphatic carbocycles. The molecule has 1 saturated heterocycles. The van der Waals surface area contributed by atoms with Crippen LogP contribution >= 0.6 is 0 Å². The highest BCUT2D eigenvalue weighted by Crippen LogP contribution is 2.37. The molecule has 1 heterocycles. The second-order valence-electron chi connectivity index (χ2n) is 6.75. The fourth-order valence-electron chi connectivity index (χ4n) is 3.92. The van der Waals surface area contributed by atoms with Gasteiger partial charge in [-0.15, -0.1) is 0 Å². The molecule has 2 amide bonds. The van der Waals surface area contributed by atoms with E-state index in [9.17, 15) is 4.79 Å². The lowest BCUT2D eigenvalue weighted by Gasteiger charge is -2.30. The monoisotopic (exact) mass is 332 g/mol. The Morgan fingerprint density at radius 2 is 1.79 bits per heavy atom. The summed E-state index contributed by atoms with van der Waals surface area (Å²) in [4.78, 5) is 14.7. The Kier molecular flexibility index (Phi) is 5.48. The van der Waals surface area contributed by atoms with Crippen LogP contribution < -0.4 is 14.8 Å². The molecule has 2 fully saturated rings. The molecule has 132 valence electrons. The van der Waals surface area contributed by atoms with E-state index in [1.165, 1.54) is 19.3 Å². The van der Waals surface area contributed by atoms with Crippen molar-refractivity contribution in [2.45, 2.75) is 57.0 Å². The predicted octanol–water partition coefficient (Wildman–Crippen LogP) is 3.88. The maximum Gasteiger partial charge on any atom is 0.318 e. The topological polar surface area (TPSA) is 50.8 Å². The number of amides is 2. The Morgan fingerprint density at radius 1 is 1.04 bits per heavy atom. The van der Waals surface area contributed by atoms with Crippen LogP contribution in [0.5, 0.6) is 11.5 Å². The highest BCUT2D eigenvalue weighted by molar-refractivity contribution is 5.75. The number of nitrogens with one attached hydrogen (secondary N) is 1. The molecule has 0 bridgehead atoms. The molecule has 1 aromatic carbocycles. The van der Waals surface area contributed by atoms with E-state index in [1.807, 2.05) is 23.1 Å². The smallest absolute Gasteiger partial charge is 0.318 e. The van der Waals surface area contributed by atoms with Crippen LogP contribution in [0.1, 0.15) is 56.6 Å². The van der Waals surface area contributed by atoms with E-state index in [-0.39, 0.29) is 12.1 Å². The summed E-state index contributed by atoms with van der Waals surface area (Å²) in [5.41, 5.74) is 1.11. The molecule has 0 radical (unpaired) electrons. The third-order valence-corrected chi connectivity index (χ3v) is 5.24. The van der Waals surface area contributed by atoms with Crippen molar-refractivity contribution in [2.75, 3.05) is 20.8 Å². The largest absolute Gasteiger partial charge is 0.493 e. The number of carbonyl (C=O) groups is 1. The van der Waals surface area contributed by atoms with Crippen molar-refractivity contribution in [1.82, 2.24) is 10.2 Å². The van der Waals surface area contributed by atoms with Crippen LogP contribution in [-0.4, -0.2) is 37.7 Å². The predicted molar refractivity (Wildman–Crippen MR) is 93.6 cm³/mol. The molecule has 1 aromatic rings. The van der Waals surface area contributed by atoms with Crippen molar-refractivity contribution >= 4 is 6.03 Å². The molecule has 1 aliphatic heterocycles. The van der Waals surface area contributed by atoms with Gasteiger partial charge in [-0.3, -0.25) is 0 Å². The minimum absolute atomic E-state index is 0.0826. The normalized spacial score (nSPS) is 21.6. The molecular weight excluding hydrogens is 304 g/mol. The lowest BCUT2D eigenvalue weighted by atomic mass is 9.96. The van der Waals surface area contributed by atoms with E-state index in [0.717, 1.165) is 49.3 Å². The molecule has 2 aliphatic rings. The number of benzene rings is 1. The average Bonchev–Trinajstić information content (AvgIpc) is 3.12. The minimum atomic E-state index is 0.0826.